The van der Waals surface area contributed by atoms with Gasteiger partial charge in [0.2, 0.25) is 0 Å². The van der Waals surface area contributed by atoms with Gasteiger partial charge in [-0.3, -0.25) is 4.79 Å². The normalized spacial score (nSPS) is 12.3. The average molecular weight is 558 g/mol. The van der Waals surface area contributed by atoms with Gasteiger partial charge in [-0.05, 0) is 43.0 Å². The van der Waals surface area contributed by atoms with Crippen LogP contribution < -0.4 is 9.47 Å². The Labute approximate surface area is 244 Å². The van der Waals surface area contributed by atoms with Gasteiger partial charge >= 0.3 is 5.97 Å². The van der Waals surface area contributed by atoms with E-state index < -0.39 is 5.92 Å². The smallest absolute Gasteiger partial charge is 0.316 e. The first-order valence-corrected chi connectivity index (χ1v) is 14.9. The van der Waals surface area contributed by atoms with E-state index in [4.69, 9.17) is 19.5 Å². The summed E-state index contributed by atoms with van der Waals surface area (Å²) in [6, 6.07) is 17.6. The van der Waals surface area contributed by atoms with Gasteiger partial charge in [0, 0.05) is 5.56 Å². The predicted octanol–water partition coefficient (Wildman–Crippen LogP) is 8.05. The van der Waals surface area contributed by atoms with Gasteiger partial charge < -0.3 is 14.2 Å². The summed E-state index contributed by atoms with van der Waals surface area (Å²) in [5.41, 5.74) is 2.96. The topological polar surface area (TPSA) is 94.3 Å². The summed E-state index contributed by atoms with van der Waals surface area (Å²) in [5, 5.41) is 9.00. The molecule has 0 saturated carbocycles. The van der Waals surface area contributed by atoms with Crippen LogP contribution in [0.2, 0.25) is 0 Å². The summed E-state index contributed by atoms with van der Waals surface area (Å²) in [4.78, 5) is 21.4. The summed E-state index contributed by atoms with van der Waals surface area (Å²) in [7, 11) is 0. The molecule has 7 nitrogen and oxygen atoms in total. The molecule has 0 bridgehead atoms. The molecule has 0 amide bonds. The second-order valence-corrected chi connectivity index (χ2v) is 10.4. The maximum Gasteiger partial charge on any atom is 0.316 e. The molecular formula is C34H43N3O4. The highest BCUT2D eigenvalue weighted by molar-refractivity contribution is 5.75. The third kappa shape index (κ3) is 11.0. The van der Waals surface area contributed by atoms with Gasteiger partial charge in [-0.25, -0.2) is 9.97 Å². The molecule has 7 heteroatoms. The van der Waals surface area contributed by atoms with Crippen LogP contribution in [0.25, 0.3) is 22.5 Å². The number of rotatable bonds is 18. The monoisotopic (exact) mass is 557 g/mol. The van der Waals surface area contributed by atoms with Crippen LogP contribution in [-0.2, 0) is 9.53 Å². The molecule has 2 atom stereocenters. The fourth-order valence-corrected chi connectivity index (χ4v) is 4.23. The van der Waals surface area contributed by atoms with Gasteiger partial charge in [0.25, 0.3) is 0 Å². The number of nitriles is 1. The maximum atomic E-state index is 12.4. The van der Waals surface area contributed by atoms with Crippen molar-refractivity contribution in [2.45, 2.75) is 72.1 Å². The van der Waals surface area contributed by atoms with Gasteiger partial charge in [-0.1, -0.05) is 88.8 Å². The van der Waals surface area contributed by atoms with Gasteiger partial charge in [0.1, 0.15) is 5.75 Å². The van der Waals surface area contributed by atoms with E-state index in [-0.39, 0.29) is 18.5 Å². The average Bonchev–Trinajstić information content (AvgIpc) is 3.01. The van der Waals surface area contributed by atoms with Crippen molar-refractivity contribution in [2.75, 3.05) is 19.8 Å². The van der Waals surface area contributed by atoms with Crippen LogP contribution in [0.3, 0.4) is 0 Å². The van der Waals surface area contributed by atoms with Crippen molar-refractivity contribution in [2.24, 2.45) is 11.8 Å². The van der Waals surface area contributed by atoms with E-state index in [1.54, 1.807) is 31.5 Å². The van der Waals surface area contributed by atoms with Crippen molar-refractivity contribution in [1.82, 2.24) is 9.97 Å². The lowest BCUT2D eigenvalue weighted by Gasteiger charge is -2.13. The number of benzene rings is 2. The molecule has 3 aromatic rings. The van der Waals surface area contributed by atoms with Crippen LogP contribution in [-0.4, -0.2) is 35.8 Å². The van der Waals surface area contributed by atoms with Crippen LogP contribution >= 0.6 is 0 Å². The molecule has 0 aliphatic carbocycles. The van der Waals surface area contributed by atoms with E-state index >= 15 is 0 Å². The van der Waals surface area contributed by atoms with E-state index in [1.165, 1.54) is 38.5 Å². The molecule has 1 heterocycles. The van der Waals surface area contributed by atoms with Crippen molar-refractivity contribution in [1.29, 1.82) is 5.26 Å². The minimum Gasteiger partial charge on any atom is -0.490 e. The lowest BCUT2D eigenvalue weighted by Crippen LogP contribution is -2.23. The van der Waals surface area contributed by atoms with Crippen molar-refractivity contribution >= 4 is 5.97 Å². The minimum absolute atomic E-state index is 0.156. The fourth-order valence-electron chi connectivity index (χ4n) is 4.23. The zero-order valence-corrected chi connectivity index (χ0v) is 24.7. The lowest BCUT2D eigenvalue weighted by atomic mass is 10.0. The Hall–Kier alpha value is -3.76. The molecule has 0 aliphatic rings. The van der Waals surface area contributed by atoms with Crippen LogP contribution in [0, 0.1) is 23.2 Å². The Morgan fingerprint density at radius 2 is 1.39 bits per heavy atom. The highest BCUT2D eigenvalue weighted by atomic mass is 16.5. The molecule has 0 aliphatic heterocycles. The van der Waals surface area contributed by atoms with E-state index in [0.717, 1.165) is 29.5 Å². The van der Waals surface area contributed by atoms with Crippen LogP contribution in [0.4, 0.5) is 0 Å². The molecule has 0 N–H and O–H groups in total. The molecule has 0 spiro atoms. The Morgan fingerprint density at radius 1 is 0.805 bits per heavy atom. The van der Waals surface area contributed by atoms with Crippen molar-refractivity contribution in [3.05, 3.63) is 60.9 Å². The number of nitrogens with zero attached hydrogens (tertiary/aromatic N) is 3. The number of hydrogen-bond acceptors (Lipinski definition) is 7. The Morgan fingerprint density at radius 3 is 2.00 bits per heavy atom. The number of carbonyl (C=O) groups is 1. The molecular weight excluding hydrogens is 514 g/mol. The number of carbonyl (C=O) groups excluding carboxylic acids is 1. The largest absolute Gasteiger partial charge is 0.490 e. The summed E-state index contributed by atoms with van der Waals surface area (Å²) in [5.74, 6) is 0.888. The van der Waals surface area contributed by atoms with Gasteiger partial charge in [0.05, 0.1) is 50.1 Å². The number of ether oxygens (including phenoxy) is 3. The molecule has 1 aromatic heterocycles. The van der Waals surface area contributed by atoms with E-state index in [0.29, 0.717) is 30.5 Å². The standard InChI is InChI=1S/C34H43N3O4/c1-4-6-7-8-9-10-11-20-40-32-22-36-33(37-23-32)30-14-12-28(13-15-30)29-16-18-31(19-17-29)41-34(38)26(3)24-39-25-27(5-2)21-35/h12-19,22-23,26-27H,4-11,20,24-25H2,1-3H3/t26-,27?/m1/s1. The Kier molecular flexibility index (Phi) is 13.8. The number of aromatic nitrogens is 2. The highest BCUT2D eigenvalue weighted by Gasteiger charge is 2.17. The van der Waals surface area contributed by atoms with Gasteiger partial charge in [-0.2, -0.15) is 5.26 Å². The maximum absolute atomic E-state index is 12.4. The summed E-state index contributed by atoms with van der Waals surface area (Å²) in [6.45, 7) is 7.17. The van der Waals surface area contributed by atoms with Crippen LogP contribution in [0.15, 0.2) is 60.9 Å². The Balaban J connectivity index is 1.44. The van der Waals surface area contributed by atoms with Crippen molar-refractivity contribution < 1.29 is 19.0 Å². The third-order valence-corrected chi connectivity index (χ3v) is 6.96. The predicted molar refractivity (Wildman–Crippen MR) is 161 cm³/mol. The van der Waals surface area contributed by atoms with Crippen LogP contribution in [0.5, 0.6) is 11.5 Å². The summed E-state index contributed by atoms with van der Waals surface area (Å²) < 4.78 is 16.8. The SMILES string of the molecule is CCCCCCCCCOc1cnc(-c2ccc(-c3ccc(OC(=O)[C@H](C)COCC(C#N)CC)cc3)cc2)nc1. The molecule has 3 rings (SSSR count). The van der Waals surface area contributed by atoms with Crippen molar-refractivity contribution in [3.8, 4) is 40.1 Å². The molecule has 1 unspecified atom stereocenters. The molecule has 41 heavy (non-hydrogen) atoms. The first kappa shape index (κ1) is 31.8. The quantitative estimate of drug-likeness (QED) is 0.0887. The minimum atomic E-state index is -0.425. The fraction of sp³-hybridized carbons (Fsp3) is 0.471. The summed E-state index contributed by atoms with van der Waals surface area (Å²) in [6.07, 6.45) is 13.0. The highest BCUT2D eigenvalue weighted by Crippen LogP contribution is 2.26. The number of unbranched alkanes of at least 4 members (excludes halogenated alkanes) is 6. The lowest BCUT2D eigenvalue weighted by molar-refractivity contribution is -0.140. The van der Waals surface area contributed by atoms with Gasteiger partial charge in [-0.15, -0.1) is 0 Å². The molecule has 218 valence electrons. The van der Waals surface area contributed by atoms with Crippen molar-refractivity contribution in [3.63, 3.8) is 0 Å². The number of esters is 1. The van der Waals surface area contributed by atoms with Crippen LogP contribution in [0.1, 0.15) is 72.1 Å². The third-order valence-electron chi connectivity index (χ3n) is 6.96. The van der Waals surface area contributed by atoms with E-state index in [9.17, 15) is 4.79 Å². The van der Waals surface area contributed by atoms with E-state index in [2.05, 4.69) is 23.0 Å². The second-order valence-electron chi connectivity index (χ2n) is 10.4. The summed E-state index contributed by atoms with van der Waals surface area (Å²) >= 11 is 0. The zero-order valence-electron chi connectivity index (χ0n) is 24.7. The molecule has 0 saturated heterocycles. The van der Waals surface area contributed by atoms with Gasteiger partial charge in [0.15, 0.2) is 11.6 Å². The molecule has 0 fully saturated rings. The number of hydrogen-bond donors (Lipinski definition) is 0. The zero-order chi connectivity index (χ0) is 29.3. The first-order chi connectivity index (χ1) is 20.0. The molecule has 2 aromatic carbocycles. The van der Waals surface area contributed by atoms with E-state index in [1.807, 2.05) is 43.3 Å². The molecule has 0 radical (unpaired) electrons. The second kappa shape index (κ2) is 17.8. The Bertz CT molecular complexity index is 1200. The first-order valence-electron chi connectivity index (χ1n) is 14.9.